The van der Waals surface area contributed by atoms with Crippen LogP contribution in [0.4, 0.5) is 11.6 Å². The first-order valence-electron chi connectivity index (χ1n) is 11.8. The molecule has 1 aliphatic heterocycles. The molecule has 1 aromatic heterocycles. The average molecular weight is 482 g/mol. The number of aromatic nitrogens is 2. The van der Waals surface area contributed by atoms with E-state index in [0.29, 0.717) is 25.3 Å². The molecular formula is C25H31N5O3S. The Morgan fingerprint density at radius 2 is 1.59 bits per heavy atom. The van der Waals surface area contributed by atoms with Gasteiger partial charge in [-0.1, -0.05) is 38.1 Å². The Morgan fingerprint density at radius 3 is 2.21 bits per heavy atom. The lowest BCUT2D eigenvalue weighted by Crippen LogP contribution is -2.30. The quantitative estimate of drug-likeness (QED) is 0.499. The van der Waals surface area contributed by atoms with E-state index in [4.69, 9.17) is 4.98 Å². The van der Waals surface area contributed by atoms with E-state index in [2.05, 4.69) is 15.2 Å². The van der Waals surface area contributed by atoms with E-state index in [9.17, 15) is 13.2 Å². The summed E-state index contributed by atoms with van der Waals surface area (Å²) in [5, 5.41) is 2.96. The lowest BCUT2D eigenvalue weighted by molar-refractivity contribution is -0.116. The highest BCUT2D eigenvalue weighted by Crippen LogP contribution is 2.28. The molecule has 4 rings (SSSR count). The summed E-state index contributed by atoms with van der Waals surface area (Å²) in [7, 11) is -3.49. The van der Waals surface area contributed by atoms with Crippen LogP contribution in [-0.4, -0.2) is 54.8 Å². The molecule has 0 atom stereocenters. The highest BCUT2D eigenvalue weighted by molar-refractivity contribution is 7.89. The summed E-state index contributed by atoms with van der Waals surface area (Å²) in [5.74, 6) is 1.06. The Morgan fingerprint density at radius 1 is 0.971 bits per heavy atom. The second kappa shape index (κ2) is 10.5. The van der Waals surface area contributed by atoms with Gasteiger partial charge in [0, 0.05) is 32.6 Å². The number of aryl methyl sites for hydroxylation is 1. The van der Waals surface area contributed by atoms with Crippen LogP contribution in [-0.2, 0) is 21.2 Å². The number of benzene rings is 2. The Hall–Kier alpha value is -3.04. The summed E-state index contributed by atoms with van der Waals surface area (Å²) in [4.78, 5) is 24.7. The zero-order valence-corrected chi connectivity index (χ0v) is 20.5. The molecule has 1 amide bonds. The average Bonchev–Trinajstić information content (AvgIpc) is 3.38. The van der Waals surface area contributed by atoms with Gasteiger partial charge < -0.3 is 10.2 Å². The maximum atomic E-state index is 12.8. The summed E-state index contributed by atoms with van der Waals surface area (Å²) in [6, 6.07) is 14.4. The van der Waals surface area contributed by atoms with Crippen LogP contribution in [0.3, 0.4) is 0 Å². The fraction of sp³-hybridized carbons (Fsp3) is 0.400. The molecule has 0 saturated carbocycles. The first-order chi connectivity index (χ1) is 16.4. The van der Waals surface area contributed by atoms with Crippen molar-refractivity contribution < 1.29 is 13.2 Å². The first-order valence-corrected chi connectivity index (χ1v) is 13.3. The van der Waals surface area contributed by atoms with E-state index >= 15 is 0 Å². The summed E-state index contributed by atoms with van der Waals surface area (Å²) in [6.07, 6.45) is 2.96. The minimum absolute atomic E-state index is 0.148. The standard InChI is InChI=1S/C25H31N5O3S/c1-3-30(4-2)34(32,33)20-14-11-19(12-15-20)13-16-23(31)28-24-25(29-17-7-8-18-29)27-22-10-6-5-9-21(22)26-24/h5-6,9-12,14-15H,3-4,7-8,13,16-18H2,1-2H3,(H,26,28,31). The van der Waals surface area contributed by atoms with Crippen LogP contribution in [0, 0.1) is 0 Å². The number of carbonyl (C=O) groups excluding carboxylic acids is 1. The number of anilines is 2. The van der Waals surface area contributed by atoms with Crippen molar-refractivity contribution in [2.24, 2.45) is 0 Å². The van der Waals surface area contributed by atoms with Crippen LogP contribution in [0.2, 0.25) is 0 Å². The van der Waals surface area contributed by atoms with Crippen molar-refractivity contribution in [1.29, 1.82) is 0 Å². The Bertz CT molecular complexity index is 1250. The normalized spacial score (nSPS) is 14.1. The van der Waals surface area contributed by atoms with Crippen LogP contribution in [0.1, 0.15) is 38.7 Å². The lowest BCUT2D eigenvalue weighted by Gasteiger charge is -2.20. The van der Waals surface area contributed by atoms with Gasteiger partial charge in [-0.3, -0.25) is 4.79 Å². The number of amides is 1. The first kappa shape index (κ1) is 24.1. The van der Waals surface area contributed by atoms with Gasteiger partial charge in [0.1, 0.15) is 0 Å². The predicted molar refractivity (Wildman–Crippen MR) is 134 cm³/mol. The molecule has 2 heterocycles. The van der Waals surface area contributed by atoms with Crippen molar-refractivity contribution in [2.75, 3.05) is 36.4 Å². The third-order valence-corrected chi connectivity index (χ3v) is 8.19. The van der Waals surface area contributed by atoms with Crippen LogP contribution < -0.4 is 10.2 Å². The van der Waals surface area contributed by atoms with Gasteiger partial charge in [0.15, 0.2) is 11.6 Å². The third kappa shape index (κ3) is 5.20. The van der Waals surface area contributed by atoms with Crippen LogP contribution in [0.5, 0.6) is 0 Å². The number of fused-ring (bicyclic) bond motifs is 1. The maximum absolute atomic E-state index is 12.8. The van der Waals surface area contributed by atoms with Gasteiger partial charge in [-0.05, 0) is 49.1 Å². The van der Waals surface area contributed by atoms with Crippen molar-refractivity contribution in [3.8, 4) is 0 Å². The van der Waals surface area contributed by atoms with Gasteiger partial charge >= 0.3 is 0 Å². The summed E-state index contributed by atoms with van der Waals surface area (Å²) in [6.45, 7) is 6.30. The fourth-order valence-electron chi connectivity index (χ4n) is 4.22. The maximum Gasteiger partial charge on any atom is 0.243 e. The van der Waals surface area contributed by atoms with Gasteiger partial charge in [0.05, 0.1) is 15.9 Å². The number of nitrogens with one attached hydrogen (secondary N) is 1. The Kier molecular flexibility index (Phi) is 7.43. The SMILES string of the molecule is CCN(CC)S(=O)(=O)c1ccc(CCC(=O)Nc2nc3ccccc3nc2N2CCCC2)cc1. The summed E-state index contributed by atoms with van der Waals surface area (Å²) < 4.78 is 26.7. The smallest absolute Gasteiger partial charge is 0.243 e. The van der Waals surface area contributed by atoms with Crippen molar-refractivity contribution in [3.63, 3.8) is 0 Å². The van der Waals surface area contributed by atoms with Gasteiger partial charge in [0.25, 0.3) is 0 Å². The zero-order valence-electron chi connectivity index (χ0n) is 19.7. The van der Waals surface area contributed by atoms with E-state index in [-0.39, 0.29) is 17.2 Å². The Balaban J connectivity index is 1.45. The van der Waals surface area contributed by atoms with E-state index in [1.807, 2.05) is 38.1 Å². The molecule has 1 aliphatic rings. The van der Waals surface area contributed by atoms with E-state index in [1.54, 1.807) is 24.3 Å². The molecule has 0 unspecified atom stereocenters. The third-order valence-electron chi connectivity index (χ3n) is 6.12. The van der Waals surface area contributed by atoms with Crippen LogP contribution >= 0.6 is 0 Å². The topological polar surface area (TPSA) is 95.5 Å². The molecule has 180 valence electrons. The van der Waals surface area contributed by atoms with Gasteiger partial charge in [0.2, 0.25) is 15.9 Å². The molecule has 34 heavy (non-hydrogen) atoms. The van der Waals surface area contributed by atoms with Gasteiger partial charge in [-0.2, -0.15) is 4.31 Å². The molecular weight excluding hydrogens is 450 g/mol. The molecule has 0 radical (unpaired) electrons. The number of hydrogen-bond donors (Lipinski definition) is 1. The monoisotopic (exact) mass is 481 g/mol. The fourth-order valence-corrected chi connectivity index (χ4v) is 5.68. The van der Waals surface area contributed by atoms with Crippen molar-refractivity contribution >= 4 is 38.6 Å². The molecule has 1 fully saturated rings. The number of para-hydroxylation sites is 2. The predicted octanol–water partition coefficient (Wildman–Crippen LogP) is 3.83. The highest BCUT2D eigenvalue weighted by atomic mass is 32.2. The van der Waals surface area contributed by atoms with E-state index < -0.39 is 10.0 Å². The zero-order chi connectivity index (χ0) is 24.1. The molecule has 0 bridgehead atoms. The van der Waals surface area contributed by atoms with Crippen molar-refractivity contribution in [1.82, 2.24) is 14.3 Å². The molecule has 1 N–H and O–H groups in total. The number of carbonyl (C=O) groups is 1. The highest BCUT2D eigenvalue weighted by Gasteiger charge is 2.22. The van der Waals surface area contributed by atoms with Crippen LogP contribution in [0.15, 0.2) is 53.4 Å². The van der Waals surface area contributed by atoms with Crippen LogP contribution in [0.25, 0.3) is 11.0 Å². The minimum Gasteiger partial charge on any atom is -0.354 e. The molecule has 9 heteroatoms. The number of hydrogen-bond acceptors (Lipinski definition) is 6. The lowest BCUT2D eigenvalue weighted by atomic mass is 10.1. The molecule has 0 aliphatic carbocycles. The molecule has 8 nitrogen and oxygen atoms in total. The number of sulfonamides is 1. The second-order valence-corrected chi connectivity index (χ2v) is 10.3. The largest absolute Gasteiger partial charge is 0.354 e. The Labute approximate surface area is 201 Å². The van der Waals surface area contributed by atoms with Gasteiger partial charge in [-0.15, -0.1) is 0 Å². The molecule has 1 saturated heterocycles. The molecule has 3 aromatic rings. The van der Waals surface area contributed by atoms with E-state index in [1.165, 1.54) is 4.31 Å². The van der Waals surface area contributed by atoms with Crippen molar-refractivity contribution in [3.05, 3.63) is 54.1 Å². The summed E-state index contributed by atoms with van der Waals surface area (Å²) >= 11 is 0. The van der Waals surface area contributed by atoms with Gasteiger partial charge in [-0.25, -0.2) is 18.4 Å². The minimum atomic E-state index is -3.49. The second-order valence-electron chi connectivity index (χ2n) is 8.36. The van der Waals surface area contributed by atoms with E-state index in [0.717, 1.165) is 48.3 Å². The molecule has 0 spiro atoms. The molecule has 2 aromatic carbocycles. The number of nitrogens with zero attached hydrogens (tertiary/aromatic N) is 4. The number of rotatable bonds is 9. The summed E-state index contributed by atoms with van der Waals surface area (Å²) in [5.41, 5.74) is 2.45. The van der Waals surface area contributed by atoms with Crippen molar-refractivity contribution in [2.45, 2.75) is 44.4 Å².